The molecule has 0 aliphatic heterocycles. The molecule has 2 aromatic carbocycles. The smallest absolute Gasteiger partial charge is 0.338 e. The Morgan fingerprint density at radius 3 is 2.42 bits per heavy atom. The van der Waals surface area contributed by atoms with Crippen molar-refractivity contribution in [1.29, 1.82) is 0 Å². The number of rotatable bonds is 4. The predicted molar refractivity (Wildman–Crippen MR) is 76.3 cm³/mol. The van der Waals surface area contributed by atoms with Gasteiger partial charge >= 0.3 is 5.97 Å². The average Bonchev–Trinajstić information content (AvgIpc) is 2.43. The molecule has 0 spiro atoms. The number of ether oxygens (including phenoxy) is 1. The van der Waals surface area contributed by atoms with Gasteiger partial charge in [-0.1, -0.05) is 36.4 Å². The molecule has 0 aliphatic carbocycles. The number of hydrogen-bond donors (Lipinski definition) is 0. The van der Waals surface area contributed by atoms with Gasteiger partial charge in [-0.2, -0.15) is 0 Å². The molecule has 0 N–H and O–H groups in total. The average molecular weight is 254 g/mol. The lowest BCUT2D eigenvalue weighted by atomic mass is 10.1. The third-order valence-electron chi connectivity index (χ3n) is 3.21. The zero-order chi connectivity index (χ0) is 13.7. The Balaban J connectivity index is 1.89. The second-order valence-electron chi connectivity index (χ2n) is 4.67. The highest BCUT2D eigenvalue weighted by Crippen LogP contribution is 2.11. The first-order valence-corrected chi connectivity index (χ1v) is 6.45. The number of aryl methyl sites for hydroxylation is 2. The Morgan fingerprint density at radius 1 is 1.00 bits per heavy atom. The molecule has 0 heterocycles. The molecule has 0 atom stereocenters. The lowest BCUT2D eigenvalue weighted by Gasteiger charge is -2.07. The maximum absolute atomic E-state index is 11.9. The molecule has 0 bridgehead atoms. The largest absolute Gasteiger partial charge is 0.462 e. The topological polar surface area (TPSA) is 26.3 Å². The summed E-state index contributed by atoms with van der Waals surface area (Å²) in [5.41, 5.74) is 4.09. The lowest BCUT2D eigenvalue weighted by molar-refractivity contribution is 0.0509. The van der Waals surface area contributed by atoms with Gasteiger partial charge in [0, 0.05) is 6.42 Å². The molecule has 0 saturated carbocycles. The van der Waals surface area contributed by atoms with Crippen LogP contribution in [0.1, 0.15) is 27.0 Å². The van der Waals surface area contributed by atoms with Crippen molar-refractivity contribution in [3.8, 4) is 0 Å². The summed E-state index contributed by atoms with van der Waals surface area (Å²) in [6.07, 6.45) is 0.747. The van der Waals surface area contributed by atoms with Crippen molar-refractivity contribution in [2.24, 2.45) is 0 Å². The van der Waals surface area contributed by atoms with E-state index in [1.807, 2.05) is 62.4 Å². The van der Waals surface area contributed by atoms with Crippen LogP contribution in [0.3, 0.4) is 0 Å². The molecule has 2 nitrogen and oxygen atoms in total. The van der Waals surface area contributed by atoms with E-state index in [9.17, 15) is 4.79 Å². The van der Waals surface area contributed by atoms with Crippen LogP contribution in [0.25, 0.3) is 0 Å². The summed E-state index contributed by atoms with van der Waals surface area (Å²) >= 11 is 0. The third kappa shape index (κ3) is 3.68. The zero-order valence-electron chi connectivity index (χ0n) is 11.3. The molecule has 2 heteroatoms. The summed E-state index contributed by atoms with van der Waals surface area (Å²) in [7, 11) is 0. The maximum atomic E-state index is 11.9. The van der Waals surface area contributed by atoms with Gasteiger partial charge in [-0.05, 0) is 42.7 Å². The monoisotopic (exact) mass is 254 g/mol. The van der Waals surface area contributed by atoms with Crippen molar-refractivity contribution in [3.63, 3.8) is 0 Å². The van der Waals surface area contributed by atoms with Gasteiger partial charge in [-0.15, -0.1) is 0 Å². The van der Waals surface area contributed by atoms with Gasteiger partial charge in [0.2, 0.25) is 0 Å². The maximum Gasteiger partial charge on any atom is 0.338 e. The van der Waals surface area contributed by atoms with E-state index in [4.69, 9.17) is 4.74 Å². The highest BCUT2D eigenvalue weighted by Gasteiger charge is 2.07. The quantitative estimate of drug-likeness (QED) is 0.778. The summed E-state index contributed by atoms with van der Waals surface area (Å²) in [4.78, 5) is 11.9. The zero-order valence-corrected chi connectivity index (χ0v) is 11.3. The summed E-state index contributed by atoms with van der Waals surface area (Å²) in [5, 5.41) is 0. The molecular formula is C17H18O2. The van der Waals surface area contributed by atoms with Crippen LogP contribution in [0.15, 0.2) is 48.5 Å². The highest BCUT2D eigenvalue weighted by molar-refractivity contribution is 5.89. The van der Waals surface area contributed by atoms with E-state index >= 15 is 0 Å². The van der Waals surface area contributed by atoms with Crippen molar-refractivity contribution in [2.75, 3.05) is 6.61 Å². The van der Waals surface area contributed by atoms with Gasteiger partial charge < -0.3 is 4.74 Å². The van der Waals surface area contributed by atoms with Crippen molar-refractivity contribution >= 4 is 5.97 Å². The molecule has 0 fully saturated rings. The second-order valence-corrected chi connectivity index (χ2v) is 4.67. The molecule has 0 aliphatic rings. The fourth-order valence-corrected chi connectivity index (χ4v) is 1.86. The van der Waals surface area contributed by atoms with Crippen molar-refractivity contribution in [1.82, 2.24) is 0 Å². The molecule has 0 saturated heterocycles. The van der Waals surface area contributed by atoms with Gasteiger partial charge in [0.15, 0.2) is 0 Å². The summed E-state index contributed by atoms with van der Waals surface area (Å²) in [6.45, 7) is 4.44. The van der Waals surface area contributed by atoms with Gasteiger partial charge in [0.25, 0.3) is 0 Å². The molecular weight excluding hydrogens is 236 g/mol. The van der Waals surface area contributed by atoms with Gasteiger partial charge in [-0.3, -0.25) is 0 Å². The molecule has 98 valence electrons. The second kappa shape index (κ2) is 6.19. The van der Waals surface area contributed by atoms with E-state index in [1.54, 1.807) is 0 Å². The highest BCUT2D eigenvalue weighted by atomic mass is 16.5. The Labute approximate surface area is 114 Å². The van der Waals surface area contributed by atoms with Crippen LogP contribution in [0, 0.1) is 13.8 Å². The summed E-state index contributed by atoms with van der Waals surface area (Å²) in [6, 6.07) is 15.6. The first-order chi connectivity index (χ1) is 9.16. The van der Waals surface area contributed by atoms with Crippen LogP contribution in [0.2, 0.25) is 0 Å². The number of carbonyl (C=O) groups excluding carboxylic acids is 1. The minimum absolute atomic E-state index is 0.251. The Bertz CT molecular complexity index is 559. The van der Waals surface area contributed by atoms with Crippen molar-refractivity contribution in [3.05, 3.63) is 70.8 Å². The first kappa shape index (κ1) is 13.3. The Hall–Kier alpha value is -2.09. The normalized spacial score (nSPS) is 10.2. The van der Waals surface area contributed by atoms with E-state index in [0.29, 0.717) is 12.2 Å². The van der Waals surface area contributed by atoms with Crippen LogP contribution < -0.4 is 0 Å². The van der Waals surface area contributed by atoms with Gasteiger partial charge in [0.05, 0.1) is 12.2 Å². The molecule has 0 aromatic heterocycles. The van der Waals surface area contributed by atoms with E-state index in [1.165, 1.54) is 11.1 Å². The van der Waals surface area contributed by atoms with Crippen LogP contribution in [0.5, 0.6) is 0 Å². The molecule has 2 rings (SSSR count). The van der Waals surface area contributed by atoms with E-state index < -0.39 is 0 Å². The fourth-order valence-electron chi connectivity index (χ4n) is 1.86. The van der Waals surface area contributed by atoms with Crippen LogP contribution in [-0.4, -0.2) is 12.6 Å². The van der Waals surface area contributed by atoms with Gasteiger partial charge in [0.1, 0.15) is 0 Å². The number of carbonyl (C=O) groups is 1. The molecule has 0 unspecified atom stereocenters. The van der Waals surface area contributed by atoms with Crippen molar-refractivity contribution < 1.29 is 9.53 Å². The number of esters is 1. The minimum Gasteiger partial charge on any atom is -0.462 e. The number of hydrogen-bond acceptors (Lipinski definition) is 2. The molecule has 0 amide bonds. The minimum atomic E-state index is -0.251. The van der Waals surface area contributed by atoms with Crippen LogP contribution in [-0.2, 0) is 11.2 Å². The van der Waals surface area contributed by atoms with E-state index in [-0.39, 0.29) is 5.97 Å². The van der Waals surface area contributed by atoms with Crippen LogP contribution >= 0.6 is 0 Å². The lowest BCUT2D eigenvalue weighted by Crippen LogP contribution is -2.08. The third-order valence-corrected chi connectivity index (χ3v) is 3.21. The fraction of sp³-hybridized carbons (Fsp3) is 0.235. The van der Waals surface area contributed by atoms with E-state index in [0.717, 1.165) is 12.0 Å². The Kier molecular flexibility index (Phi) is 4.35. The van der Waals surface area contributed by atoms with Crippen molar-refractivity contribution in [2.45, 2.75) is 20.3 Å². The molecule has 19 heavy (non-hydrogen) atoms. The standard InChI is InChI=1S/C17H18O2/c1-13-8-9-16(12-14(13)2)17(18)19-11-10-15-6-4-3-5-7-15/h3-9,12H,10-11H2,1-2H3. The first-order valence-electron chi connectivity index (χ1n) is 6.45. The SMILES string of the molecule is Cc1ccc(C(=O)OCCc2ccccc2)cc1C. The number of benzene rings is 2. The summed E-state index contributed by atoms with van der Waals surface area (Å²) < 4.78 is 5.29. The van der Waals surface area contributed by atoms with Crippen LogP contribution in [0.4, 0.5) is 0 Å². The molecule has 0 radical (unpaired) electrons. The Morgan fingerprint density at radius 2 is 1.74 bits per heavy atom. The van der Waals surface area contributed by atoms with E-state index in [2.05, 4.69) is 0 Å². The summed E-state index contributed by atoms with van der Waals surface area (Å²) in [5.74, 6) is -0.251. The molecule has 2 aromatic rings. The van der Waals surface area contributed by atoms with Gasteiger partial charge in [-0.25, -0.2) is 4.79 Å². The predicted octanol–water partition coefficient (Wildman–Crippen LogP) is 3.70.